The molecule has 16 heavy (non-hydrogen) atoms. The third kappa shape index (κ3) is 2.31. The number of para-hydroxylation sites is 2. The minimum atomic E-state index is 0.193. The second-order valence-electron chi connectivity index (χ2n) is 3.74. The number of hydrogen-bond donors (Lipinski definition) is 2. The van der Waals surface area contributed by atoms with Gasteiger partial charge in [-0.05, 0) is 30.7 Å². The summed E-state index contributed by atoms with van der Waals surface area (Å²) in [6.45, 7) is 2.09. The van der Waals surface area contributed by atoms with Crippen molar-refractivity contribution in [2.24, 2.45) is 0 Å². The molecule has 3 N–H and O–H groups in total. The molecular formula is C13H15N3. The van der Waals surface area contributed by atoms with Crippen molar-refractivity contribution >= 4 is 11.4 Å². The average molecular weight is 213 g/mol. The molecule has 0 aliphatic rings. The molecular weight excluding hydrogens is 198 g/mol. The summed E-state index contributed by atoms with van der Waals surface area (Å²) in [6.07, 6.45) is 3.63. The number of nitrogens with zero attached hydrogens (tertiary/aromatic N) is 1. The Bertz CT molecular complexity index is 454. The summed E-state index contributed by atoms with van der Waals surface area (Å²) in [5.74, 6) is 0. The van der Waals surface area contributed by atoms with Gasteiger partial charge in [0.25, 0.3) is 0 Å². The standard InChI is InChI=1S/C13H15N3/c1-10(11-5-4-8-15-9-11)16-13-7-3-2-6-12(13)14/h2-10,16H,14H2,1H3. The van der Waals surface area contributed by atoms with Crippen molar-refractivity contribution < 1.29 is 0 Å². The number of benzene rings is 1. The van der Waals surface area contributed by atoms with E-state index in [1.807, 2.05) is 42.6 Å². The normalized spacial score (nSPS) is 12.1. The second-order valence-corrected chi connectivity index (χ2v) is 3.74. The van der Waals surface area contributed by atoms with E-state index in [2.05, 4.69) is 17.2 Å². The zero-order valence-corrected chi connectivity index (χ0v) is 9.22. The Morgan fingerprint density at radius 2 is 2.00 bits per heavy atom. The predicted octanol–water partition coefficient (Wildman–Crippen LogP) is 2.84. The first-order chi connectivity index (χ1) is 7.77. The predicted molar refractivity (Wildman–Crippen MR) is 67.1 cm³/mol. The fourth-order valence-corrected chi connectivity index (χ4v) is 1.58. The van der Waals surface area contributed by atoms with E-state index < -0.39 is 0 Å². The van der Waals surface area contributed by atoms with Gasteiger partial charge in [0.2, 0.25) is 0 Å². The largest absolute Gasteiger partial charge is 0.397 e. The van der Waals surface area contributed by atoms with Gasteiger partial charge in [0, 0.05) is 12.4 Å². The highest BCUT2D eigenvalue weighted by molar-refractivity contribution is 5.66. The van der Waals surface area contributed by atoms with Crippen molar-refractivity contribution in [3.05, 3.63) is 54.4 Å². The van der Waals surface area contributed by atoms with Gasteiger partial charge < -0.3 is 11.1 Å². The zero-order chi connectivity index (χ0) is 11.4. The molecule has 1 aromatic carbocycles. The second kappa shape index (κ2) is 4.66. The summed E-state index contributed by atoms with van der Waals surface area (Å²) in [5, 5.41) is 3.36. The highest BCUT2D eigenvalue weighted by Crippen LogP contribution is 2.23. The first-order valence-electron chi connectivity index (χ1n) is 5.28. The molecule has 1 heterocycles. The highest BCUT2D eigenvalue weighted by atomic mass is 14.9. The third-order valence-electron chi connectivity index (χ3n) is 2.52. The van der Waals surface area contributed by atoms with Crippen LogP contribution in [-0.4, -0.2) is 4.98 Å². The van der Waals surface area contributed by atoms with Crippen LogP contribution in [0.5, 0.6) is 0 Å². The van der Waals surface area contributed by atoms with Crippen LogP contribution in [-0.2, 0) is 0 Å². The summed E-state index contributed by atoms with van der Waals surface area (Å²) in [5.41, 5.74) is 8.73. The molecule has 2 aromatic rings. The van der Waals surface area contributed by atoms with Gasteiger partial charge >= 0.3 is 0 Å². The molecule has 1 atom stereocenters. The van der Waals surface area contributed by atoms with Crippen LogP contribution < -0.4 is 11.1 Å². The number of nitrogen functional groups attached to an aromatic ring is 1. The van der Waals surface area contributed by atoms with E-state index in [1.54, 1.807) is 6.20 Å². The Balaban J connectivity index is 2.14. The van der Waals surface area contributed by atoms with Crippen LogP contribution in [0.1, 0.15) is 18.5 Å². The van der Waals surface area contributed by atoms with Crippen molar-refractivity contribution in [3.8, 4) is 0 Å². The number of rotatable bonds is 3. The Kier molecular flexibility index (Phi) is 3.05. The van der Waals surface area contributed by atoms with Crippen molar-refractivity contribution in [1.82, 2.24) is 4.98 Å². The summed E-state index contributed by atoms with van der Waals surface area (Å²) in [4.78, 5) is 4.10. The van der Waals surface area contributed by atoms with E-state index in [1.165, 1.54) is 0 Å². The fourth-order valence-electron chi connectivity index (χ4n) is 1.58. The maximum atomic E-state index is 5.87. The number of nitrogens with two attached hydrogens (primary N) is 1. The van der Waals surface area contributed by atoms with Crippen LogP contribution in [0, 0.1) is 0 Å². The number of aromatic nitrogens is 1. The molecule has 0 aliphatic carbocycles. The molecule has 0 bridgehead atoms. The molecule has 82 valence electrons. The molecule has 0 saturated heterocycles. The summed E-state index contributed by atoms with van der Waals surface area (Å²) in [7, 11) is 0. The first kappa shape index (κ1) is 10.5. The van der Waals surface area contributed by atoms with E-state index in [4.69, 9.17) is 5.73 Å². The van der Waals surface area contributed by atoms with Gasteiger partial charge in [-0.2, -0.15) is 0 Å². The molecule has 0 aliphatic heterocycles. The molecule has 3 nitrogen and oxygen atoms in total. The zero-order valence-electron chi connectivity index (χ0n) is 9.22. The van der Waals surface area contributed by atoms with E-state index in [9.17, 15) is 0 Å². The lowest BCUT2D eigenvalue weighted by Gasteiger charge is -2.16. The minimum absolute atomic E-state index is 0.193. The van der Waals surface area contributed by atoms with Gasteiger partial charge in [0.1, 0.15) is 0 Å². The molecule has 0 saturated carbocycles. The quantitative estimate of drug-likeness (QED) is 0.771. The molecule has 1 unspecified atom stereocenters. The summed E-state index contributed by atoms with van der Waals surface area (Å²) < 4.78 is 0. The monoisotopic (exact) mass is 213 g/mol. The molecule has 0 fully saturated rings. The van der Waals surface area contributed by atoms with E-state index in [0.29, 0.717) is 0 Å². The van der Waals surface area contributed by atoms with E-state index in [-0.39, 0.29) is 6.04 Å². The Morgan fingerprint density at radius 1 is 1.19 bits per heavy atom. The Hall–Kier alpha value is -2.03. The molecule has 0 spiro atoms. The lowest BCUT2D eigenvalue weighted by atomic mass is 10.1. The average Bonchev–Trinajstić information content (AvgIpc) is 2.33. The number of nitrogens with one attached hydrogen (secondary N) is 1. The summed E-state index contributed by atoms with van der Waals surface area (Å²) in [6, 6.07) is 11.9. The van der Waals surface area contributed by atoms with Crippen LogP contribution in [0.2, 0.25) is 0 Å². The van der Waals surface area contributed by atoms with Crippen LogP contribution in [0.3, 0.4) is 0 Å². The van der Waals surface area contributed by atoms with Gasteiger partial charge in [-0.15, -0.1) is 0 Å². The van der Waals surface area contributed by atoms with Gasteiger partial charge in [0.05, 0.1) is 17.4 Å². The smallest absolute Gasteiger partial charge is 0.0578 e. The van der Waals surface area contributed by atoms with Gasteiger partial charge in [-0.3, -0.25) is 4.98 Å². The molecule has 1 aromatic heterocycles. The Labute approximate surface area is 95.3 Å². The van der Waals surface area contributed by atoms with Crippen molar-refractivity contribution in [2.45, 2.75) is 13.0 Å². The lowest BCUT2D eigenvalue weighted by molar-refractivity contribution is 0.876. The van der Waals surface area contributed by atoms with Crippen LogP contribution in [0.15, 0.2) is 48.8 Å². The van der Waals surface area contributed by atoms with Crippen molar-refractivity contribution in [3.63, 3.8) is 0 Å². The SMILES string of the molecule is CC(Nc1ccccc1N)c1cccnc1. The molecule has 0 radical (unpaired) electrons. The number of pyridine rings is 1. The topological polar surface area (TPSA) is 50.9 Å². The van der Waals surface area contributed by atoms with E-state index >= 15 is 0 Å². The third-order valence-corrected chi connectivity index (χ3v) is 2.52. The maximum absolute atomic E-state index is 5.87. The van der Waals surface area contributed by atoms with Crippen LogP contribution in [0.25, 0.3) is 0 Å². The summed E-state index contributed by atoms with van der Waals surface area (Å²) >= 11 is 0. The van der Waals surface area contributed by atoms with Crippen molar-refractivity contribution in [1.29, 1.82) is 0 Å². The maximum Gasteiger partial charge on any atom is 0.0578 e. The lowest BCUT2D eigenvalue weighted by Crippen LogP contribution is -2.08. The molecule has 3 heteroatoms. The number of hydrogen-bond acceptors (Lipinski definition) is 3. The molecule has 0 amide bonds. The fraction of sp³-hybridized carbons (Fsp3) is 0.154. The minimum Gasteiger partial charge on any atom is -0.397 e. The highest BCUT2D eigenvalue weighted by Gasteiger charge is 2.06. The van der Waals surface area contributed by atoms with Gasteiger partial charge in [0.15, 0.2) is 0 Å². The van der Waals surface area contributed by atoms with Crippen molar-refractivity contribution in [2.75, 3.05) is 11.1 Å². The molecule has 2 rings (SSSR count). The van der Waals surface area contributed by atoms with Gasteiger partial charge in [-0.1, -0.05) is 18.2 Å². The number of anilines is 2. The Morgan fingerprint density at radius 3 is 2.69 bits per heavy atom. The van der Waals surface area contributed by atoms with E-state index in [0.717, 1.165) is 16.9 Å². The van der Waals surface area contributed by atoms with Crippen LogP contribution >= 0.6 is 0 Å². The first-order valence-corrected chi connectivity index (χ1v) is 5.28. The van der Waals surface area contributed by atoms with Gasteiger partial charge in [-0.25, -0.2) is 0 Å². The van der Waals surface area contributed by atoms with Crippen LogP contribution in [0.4, 0.5) is 11.4 Å².